The number of piperazine rings is 1. The number of carbonyl (C=O) groups is 2. The number of hydrogen-bond acceptors (Lipinski definition) is 6. The van der Waals surface area contributed by atoms with Crippen molar-refractivity contribution in [3.63, 3.8) is 0 Å². The van der Waals surface area contributed by atoms with E-state index in [0.29, 0.717) is 6.54 Å². The number of aryl methyl sites for hydroxylation is 2. The molecule has 0 aliphatic carbocycles. The minimum absolute atomic E-state index is 0.0311. The van der Waals surface area contributed by atoms with Gasteiger partial charge in [-0.25, -0.2) is 0 Å². The maximum Gasteiger partial charge on any atom is 0.243 e. The molecule has 170 valence electrons. The molecule has 0 saturated carbocycles. The summed E-state index contributed by atoms with van der Waals surface area (Å²) in [4.78, 5) is 29.0. The van der Waals surface area contributed by atoms with E-state index in [2.05, 4.69) is 26.5 Å². The maximum atomic E-state index is 12.3. The number of nitrogens with one attached hydrogen (secondary N) is 2. The lowest BCUT2D eigenvalue weighted by molar-refractivity contribution is -0.125. The van der Waals surface area contributed by atoms with E-state index in [4.69, 9.17) is 9.47 Å². The van der Waals surface area contributed by atoms with E-state index in [1.165, 1.54) is 5.56 Å². The second-order valence-electron chi connectivity index (χ2n) is 8.33. The van der Waals surface area contributed by atoms with Crippen molar-refractivity contribution >= 4 is 17.5 Å². The van der Waals surface area contributed by atoms with Crippen LogP contribution in [0.4, 0.5) is 5.69 Å². The highest BCUT2D eigenvalue weighted by atomic mass is 16.7. The van der Waals surface area contributed by atoms with E-state index in [1.54, 1.807) is 0 Å². The Morgan fingerprint density at radius 3 is 2.34 bits per heavy atom. The van der Waals surface area contributed by atoms with Gasteiger partial charge in [0.1, 0.15) is 0 Å². The van der Waals surface area contributed by atoms with Crippen LogP contribution >= 0.6 is 0 Å². The third-order valence-electron chi connectivity index (χ3n) is 5.87. The number of amides is 2. The summed E-state index contributed by atoms with van der Waals surface area (Å²) in [5.41, 5.74) is 4.01. The van der Waals surface area contributed by atoms with Crippen LogP contribution < -0.4 is 20.1 Å². The number of rotatable bonds is 7. The normalized spacial score (nSPS) is 16.1. The van der Waals surface area contributed by atoms with Crippen LogP contribution in [0.5, 0.6) is 11.5 Å². The Kier molecular flexibility index (Phi) is 6.92. The Balaban J connectivity index is 1.16. The molecule has 8 nitrogen and oxygen atoms in total. The second-order valence-corrected chi connectivity index (χ2v) is 8.33. The van der Waals surface area contributed by atoms with Crippen molar-refractivity contribution in [2.45, 2.75) is 20.4 Å². The molecule has 8 heteroatoms. The molecule has 1 saturated heterocycles. The smallest absolute Gasteiger partial charge is 0.243 e. The molecule has 0 unspecified atom stereocenters. The molecule has 2 heterocycles. The first-order valence-corrected chi connectivity index (χ1v) is 10.9. The topological polar surface area (TPSA) is 83.1 Å². The third-order valence-corrected chi connectivity index (χ3v) is 5.87. The summed E-state index contributed by atoms with van der Waals surface area (Å²) >= 11 is 0. The molecule has 2 aliphatic rings. The van der Waals surface area contributed by atoms with Crippen molar-refractivity contribution in [2.75, 3.05) is 51.4 Å². The lowest BCUT2D eigenvalue weighted by atomic mass is 10.1. The molecule has 2 aliphatic heterocycles. The van der Waals surface area contributed by atoms with Crippen molar-refractivity contribution in [1.29, 1.82) is 0 Å². The van der Waals surface area contributed by atoms with Crippen molar-refractivity contribution in [1.82, 2.24) is 15.1 Å². The average molecular weight is 439 g/mol. The fourth-order valence-corrected chi connectivity index (χ4v) is 4.04. The van der Waals surface area contributed by atoms with E-state index in [9.17, 15) is 9.59 Å². The molecule has 0 bridgehead atoms. The van der Waals surface area contributed by atoms with Gasteiger partial charge in [0, 0.05) is 38.4 Å². The molecule has 0 atom stereocenters. The average Bonchev–Trinajstić information content (AvgIpc) is 3.24. The lowest BCUT2D eigenvalue weighted by Crippen LogP contribution is -2.49. The first-order chi connectivity index (χ1) is 15.5. The first-order valence-electron chi connectivity index (χ1n) is 10.9. The number of fused-ring (bicyclic) bond motifs is 1. The summed E-state index contributed by atoms with van der Waals surface area (Å²) in [6, 6.07) is 11.9. The number of para-hydroxylation sites is 1. The Morgan fingerprint density at radius 2 is 1.59 bits per heavy atom. The van der Waals surface area contributed by atoms with E-state index >= 15 is 0 Å². The molecule has 0 radical (unpaired) electrons. The van der Waals surface area contributed by atoms with Crippen molar-refractivity contribution in [3.8, 4) is 11.5 Å². The summed E-state index contributed by atoms with van der Waals surface area (Å²) in [5, 5.41) is 5.62. The largest absolute Gasteiger partial charge is 0.454 e. The second kappa shape index (κ2) is 10.0. The summed E-state index contributed by atoms with van der Waals surface area (Å²) in [6.07, 6.45) is 0. The van der Waals surface area contributed by atoms with Crippen LogP contribution in [0, 0.1) is 13.8 Å². The zero-order chi connectivity index (χ0) is 22.5. The molecule has 2 amide bonds. The summed E-state index contributed by atoms with van der Waals surface area (Å²) in [5.74, 6) is 1.25. The van der Waals surface area contributed by atoms with Gasteiger partial charge in [-0.05, 0) is 42.7 Å². The van der Waals surface area contributed by atoms with Gasteiger partial charge in [-0.3, -0.25) is 19.4 Å². The molecule has 4 rings (SSSR count). The fraction of sp³-hybridized carbons (Fsp3) is 0.417. The van der Waals surface area contributed by atoms with E-state index in [1.807, 2.05) is 44.2 Å². The predicted octanol–water partition coefficient (Wildman–Crippen LogP) is 1.90. The molecule has 1 fully saturated rings. The number of hydrogen-bond donors (Lipinski definition) is 2. The maximum absolute atomic E-state index is 12.3. The quantitative estimate of drug-likeness (QED) is 0.687. The van der Waals surface area contributed by atoms with Crippen LogP contribution in [-0.2, 0) is 16.1 Å². The number of ether oxygens (including phenoxy) is 2. The zero-order valence-corrected chi connectivity index (χ0v) is 18.6. The van der Waals surface area contributed by atoms with Crippen LogP contribution in [-0.4, -0.2) is 67.7 Å². The predicted molar refractivity (Wildman–Crippen MR) is 122 cm³/mol. The number of anilines is 1. The minimum atomic E-state index is -0.218. The Bertz CT molecular complexity index is 966. The van der Waals surface area contributed by atoms with Gasteiger partial charge in [0.05, 0.1) is 13.1 Å². The highest BCUT2D eigenvalue weighted by Crippen LogP contribution is 2.32. The van der Waals surface area contributed by atoms with Gasteiger partial charge in [-0.1, -0.05) is 24.3 Å². The highest BCUT2D eigenvalue weighted by molar-refractivity contribution is 5.95. The van der Waals surface area contributed by atoms with Crippen LogP contribution in [0.25, 0.3) is 0 Å². The van der Waals surface area contributed by atoms with Crippen LogP contribution in [0.15, 0.2) is 36.4 Å². The summed E-state index contributed by atoms with van der Waals surface area (Å²) in [6.45, 7) is 8.69. The van der Waals surface area contributed by atoms with Crippen molar-refractivity contribution in [2.24, 2.45) is 0 Å². The molecule has 32 heavy (non-hydrogen) atoms. The molecule has 0 aromatic heterocycles. The van der Waals surface area contributed by atoms with Crippen LogP contribution in [0.2, 0.25) is 0 Å². The van der Waals surface area contributed by atoms with Crippen LogP contribution in [0.3, 0.4) is 0 Å². The molecular formula is C24H30N4O4. The summed E-state index contributed by atoms with van der Waals surface area (Å²) < 4.78 is 10.8. The van der Waals surface area contributed by atoms with Crippen molar-refractivity contribution in [3.05, 3.63) is 53.1 Å². The minimum Gasteiger partial charge on any atom is -0.454 e. The highest BCUT2D eigenvalue weighted by Gasteiger charge is 2.20. The van der Waals surface area contributed by atoms with Gasteiger partial charge in [0.25, 0.3) is 0 Å². The molecule has 0 spiro atoms. The molecule has 2 aromatic rings. The van der Waals surface area contributed by atoms with Gasteiger partial charge in [0.2, 0.25) is 18.6 Å². The number of carbonyl (C=O) groups excluding carboxylic acids is 2. The van der Waals surface area contributed by atoms with Gasteiger partial charge >= 0.3 is 0 Å². The van der Waals surface area contributed by atoms with E-state index in [0.717, 1.165) is 61.0 Å². The van der Waals surface area contributed by atoms with Gasteiger partial charge in [-0.15, -0.1) is 0 Å². The van der Waals surface area contributed by atoms with Gasteiger partial charge in [-0.2, -0.15) is 0 Å². The zero-order valence-electron chi connectivity index (χ0n) is 18.6. The number of benzene rings is 2. The monoisotopic (exact) mass is 438 g/mol. The van der Waals surface area contributed by atoms with Gasteiger partial charge in [0.15, 0.2) is 11.5 Å². The fourth-order valence-electron chi connectivity index (χ4n) is 4.04. The summed E-state index contributed by atoms with van der Waals surface area (Å²) in [7, 11) is 0. The van der Waals surface area contributed by atoms with E-state index in [-0.39, 0.29) is 25.2 Å². The molecule has 2 aromatic carbocycles. The van der Waals surface area contributed by atoms with Crippen molar-refractivity contribution < 1.29 is 19.1 Å². The Hall–Kier alpha value is -3.10. The lowest BCUT2D eigenvalue weighted by Gasteiger charge is -2.34. The standard InChI is InChI=1S/C24H30N4O4/c1-17-4-3-5-18(2)24(17)26-22(29)13-25-23(30)15-28-10-8-27(9-11-28)14-19-6-7-20-21(12-19)32-16-31-20/h3-7,12H,8-11,13-16H2,1-2H3,(H,25,30)(H,26,29). The number of nitrogens with zero attached hydrogens (tertiary/aromatic N) is 2. The Morgan fingerprint density at radius 1 is 0.906 bits per heavy atom. The first kappa shape index (κ1) is 22.1. The Labute approximate surface area is 188 Å². The van der Waals surface area contributed by atoms with Gasteiger partial charge < -0.3 is 20.1 Å². The van der Waals surface area contributed by atoms with Crippen LogP contribution in [0.1, 0.15) is 16.7 Å². The van der Waals surface area contributed by atoms with E-state index < -0.39 is 0 Å². The SMILES string of the molecule is Cc1cccc(C)c1NC(=O)CNC(=O)CN1CCN(Cc2ccc3c(c2)OCO3)CC1. The third kappa shape index (κ3) is 5.57. The molecule has 2 N–H and O–H groups in total. The molecular weight excluding hydrogens is 408 g/mol.